The first-order valence-electron chi connectivity index (χ1n) is 4.69. The lowest BCUT2D eigenvalue weighted by molar-refractivity contribution is -0.147. The fraction of sp³-hybridized carbons (Fsp3) is 0.889. The average Bonchev–Trinajstić information content (AvgIpc) is 2.59. The Morgan fingerprint density at radius 3 is 2.54 bits per heavy atom. The van der Waals surface area contributed by atoms with Gasteiger partial charge in [-0.25, -0.2) is 0 Å². The molecule has 0 aromatic carbocycles. The summed E-state index contributed by atoms with van der Waals surface area (Å²) in [5.74, 6) is 2.42. The second kappa shape index (κ2) is 5.81. The van der Waals surface area contributed by atoms with E-state index < -0.39 is 0 Å². The van der Waals surface area contributed by atoms with Gasteiger partial charge in [0.15, 0.2) is 0 Å². The number of thioether (sulfide) groups is 2. The van der Waals surface area contributed by atoms with E-state index in [0.717, 1.165) is 6.42 Å². The van der Waals surface area contributed by atoms with Crippen LogP contribution in [0.25, 0.3) is 0 Å². The fourth-order valence-corrected chi connectivity index (χ4v) is 4.60. The number of ether oxygens (including phenoxy) is 1. The summed E-state index contributed by atoms with van der Waals surface area (Å²) in [6, 6.07) is 0. The molecule has 0 amide bonds. The van der Waals surface area contributed by atoms with Crippen molar-refractivity contribution < 1.29 is 9.53 Å². The minimum atomic E-state index is -0.0168. The van der Waals surface area contributed by atoms with Gasteiger partial charge in [-0.1, -0.05) is 6.92 Å². The van der Waals surface area contributed by atoms with Crippen LogP contribution in [0.4, 0.5) is 0 Å². The van der Waals surface area contributed by atoms with Crippen LogP contribution in [0.1, 0.15) is 20.3 Å². The predicted octanol–water partition coefficient (Wildman–Crippen LogP) is 2.38. The lowest BCUT2D eigenvalue weighted by Crippen LogP contribution is -2.24. The number of carbonyl (C=O) groups excluding carboxylic acids is 1. The molecule has 1 rings (SSSR count). The second-order valence-electron chi connectivity index (χ2n) is 2.88. The van der Waals surface area contributed by atoms with Gasteiger partial charge in [-0.2, -0.15) is 0 Å². The molecule has 1 aliphatic rings. The molecule has 2 nitrogen and oxygen atoms in total. The molecule has 1 unspecified atom stereocenters. The summed E-state index contributed by atoms with van der Waals surface area (Å²) in [5.41, 5.74) is 0. The highest BCUT2D eigenvalue weighted by molar-refractivity contribution is 8.20. The molecule has 0 spiro atoms. The van der Waals surface area contributed by atoms with Gasteiger partial charge in [0.05, 0.1) is 17.1 Å². The summed E-state index contributed by atoms with van der Waals surface area (Å²) in [5, 5.41) is 0. The van der Waals surface area contributed by atoms with Gasteiger partial charge < -0.3 is 4.74 Å². The molecule has 0 aliphatic carbocycles. The maximum Gasteiger partial charge on any atom is 0.310 e. The van der Waals surface area contributed by atoms with Crippen molar-refractivity contribution >= 4 is 29.5 Å². The standard InChI is InChI=1S/C9H16O2S2/c1-3-7(8(10)11-4-2)9-12-5-6-13-9/h7,9H,3-6H2,1-2H3. The number of hydrogen-bond acceptors (Lipinski definition) is 4. The lowest BCUT2D eigenvalue weighted by atomic mass is 10.1. The molecular formula is C9H16O2S2. The zero-order valence-corrected chi connectivity index (χ0v) is 9.75. The van der Waals surface area contributed by atoms with E-state index in [2.05, 4.69) is 6.92 Å². The number of esters is 1. The molecule has 1 heterocycles. The summed E-state index contributed by atoms with van der Waals surface area (Å²) < 4.78 is 5.48. The Bertz CT molecular complexity index is 167. The van der Waals surface area contributed by atoms with Crippen LogP contribution >= 0.6 is 23.5 Å². The van der Waals surface area contributed by atoms with Crippen molar-refractivity contribution in [2.24, 2.45) is 5.92 Å². The zero-order chi connectivity index (χ0) is 9.68. The SMILES string of the molecule is CCOC(=O)C(CC)C1SCCS1. The lowest BCUT2D eigenvalue weighted by Gasteiger charge is -2.18. The molecule has 0 radical (unpaired) electrons. The highest BCUT2D eigenvalue weighted by Crippen LogP contribution is 2.38. The molecule has 1 aliphatic heterocycles. The highest BCUT2D eigenvalue weighted by atomic mass is 32.2. The summed E-state index contributed by atoms with van der Waals surface area (Å²) >= 11 is 3.78. The Morgan fingerprint density at radius 2 is 2.08 bits per heavy atom. The first kappa shape index (κ1) is 11.2. The summed E-state index contributed by atoms with van der Waals surface area (Å²) in [6.07, 6.45) is 0.892. The van der Waals surface area contributed by atoms with Crippen LogP contribution < -0.4 is 0 Å². The van der Waals surface area contributed by atoms with Gasteiger partial charge in [-0.05, 0) is 13.3 Å². The van der Waals surface area contributed by atoms with Crippen molar-refractivity contribution in [3.8, 4) is 0 Å². The molecule has 76 valence electrons. The zero-order valence-electron chi connectivity index (χ0n) is 8.12. The smallest absolute Gasteiger partial charge is 0.310 e. The van der Waals surface area contributed by atoms with E-state index in [9.17, 15) is 4.79 Å². The summed E-state index contributed by atoms with van der Waals surface area (Å²) in [7, 11) is 0. The van der Waals surface area contributed by atoms with Crippen molar-refractivity contribution in [1.82, 2.24) is 0 Å². The highest BCUT2D eigenvalue weighted by Gasteiger charge is 2.31. The second-order valence-corrected chi connectivity index (χ2v) is 5.67. The van der Waals surface area contributed by atoms with E-state index in [1.54, 1.807) is 0 Å². The molecule has 1 saturated heterocycles. The van der Waals surface area contributed by atoms with Crippen molar-refractivity contribution in [2.75, 3.05) is 18.1 Å². The number of rotatable bonds is 4. The topological polar surface area (TPSA) is 26.3 Å². The van der Waals surface area contributed by atoms with Crippen LogP contribution in [0.2, 0.25) is 0 Å². The van der Waals surface area contributed by atoms with Crippen LogP contribution in [0.3, 0.4) is 0 Å². The number of hydrogen-bond donors (Lipinski definition) is 0. The molecule has 0 bridgehead atoms. The molecule has 0 aromatic heterocycles. The summed E-state index contributed by atoms with van der Waals surface area (Å²) in [4.78, 5) is 11.5. The maximum absolute atomic E-state index is 11.5. The van der Waals surface area contributed by atoms with Crippen LogP contribution in [-0.2, 0) is 9.53 Å². The van der Waals surface area contributed by atoms with E-state index in [1.807, 2.05) is 30.4 Å². The van der Waals surface area contributed by atoms with Gasteiger partial charge >= 0.3 is 5.97 Å². The third-order valence-electron chi connectivity index (χ3n) is 2.01. The first-order chi connectivity index (χ1) is 6.29. The Morgan fingerprint density at radius 1 is 1.46 bits per heavy atom. The normalized spacial score (nSPS) is 20.2. The van der Waals surface area contributed by atoms with Crippen LogP contribution in [0.5, 0.6) is 0 Å². The van der Waals surface area contributed by atoms with Gasteiger partial charge in [0.25, 0.3) is 0 Å². The predicted molar refractivity (Wildman–Crippen MR) is 59.1 cm³/mol. The molecule has 4 heteroatoms. The van der Waals surface area contributed by atoms with Crippen molar-refractivity contribution in [3.63, 3.8) is 0 Å². The van der Waals surface area contributed by atoms with Crippen LogP contribution in [0.15, 0.2) is 0 Å². The maximum atomic E-state index is 11.5. The molecule has 0 aromatic rings. The van der Waals surface area contributed by atoms with E-state index >= 15 is 0 Å². The minimum absolute atomic E-state index is 0.0168. The van der Waals surface area contributed by atoms with Gasteiger partial charge in [0.2, 0.25) is 0 Å². The third-order valence-corrected chi connectivity index (χ3v) is 5.27. The van der Waals surface area contributed by atoms with Crippen LogP contribution in [-0.4, -0.2) is 28.7 Å². The van der Waals surface area contributed by atoms with Crippen molar-refractivity contribution in [2.45, 2.75) is 24.9 Å². The largest absolute Gasteiger partial charge is 0.466 e. The molecule has 1 atom stereocenters. The van der Waals surface area contributed by atoms with Crippen LogP contribution in [0, 0.1) is 5.92 Å². The minimum Gasteiger partial charge on any atom is -0.466 e. The quantitative estimate of drug-likeness (QED) is 0.680. The van der Waals surface area contributed by atoms with E-state index in [1.165, 1.54) is 11.5 Å². The first-order valence-corrected chi connectivity index (χ1v) is 6.79. The Kier molecular flexibility index (Phi) is 5.02. The molecule has 0 N–H and O–H groups in total. The summed E-state index contributed by atoms with van der Waals surface area (Å²) in [6.45, 7) is 4.41. The monoisotopic (exact) mass is 220 g/mol. The van der Waals surface area contributed by atoms with Gasteiger partial charge in [0.1, 0.15) is 0 Å². The van der Waals surface area contributed by atoms with Crippen molar-refractivity contribution in [3.05, 3.63) is 0 Å². The fourth-order valence-electron chi connectivity index (χ4n) is 1.33. The third kappa shape index (κ3) is 3.09. The van der Waals surface area contributed by atoms with Gasteiger partial charge in [-0.3, -0.25) is 4.79 Å². The molecule has 1 fully saturated rings. The van der Waals surface area contributed by atoms with E-state index in [-0.39, 0.29) is 11.9 Å². The van der Waals surface area contributed by atoms with Crippen molar-refractivity contribution in [1.29, 1.82) is 0 Å². The van der Waals surface area contributed by atoms with E-state index in [0.29, 0.717) is 11.2 Å². The molecule has 13 heavy (non-hydrogen) atoms. The molecule has 0 saturated carbocycles. The van der Waals surface area contributed by atoms with E-state index in [4.69, 9.17) is 4.74 Å². The Labute approximate surface area is 88.2 Å². The molecular weight excluding hydrogens is 204 g/mol. The average molecular weight is 220 g/mol. The Hall–Kier alpha value is 0.170. The van der Waals surface area contributed by atoms with Gasteiger partial charge in [0, 0.05) is 11.5 Å². The van der Waals surface area contributed by atoms with Gasteiger partial charge in [-0.15, -0.1) is 23.5 Å². The number of carbonyl (C=O) groups is 1. The Balaban J connectivity index is 2.44.